The number of nitriles is 1. The molecular weight excluding hydrogens is 336 g/mol. The van der Waals surface area contributed by atoms with E-state index >= 15 is 0 Å². The predicted molar refractivity (Wildman–Crippen MR) is 94.7 cm³/mol. The molecule has 7 nitrogen and oxygen atoms in total. The van der Waals surface area contributed by atoms with Gasteiger partial charge in [0.1, 0.15) is 11.3 Å². The second kappa shape index (κ2) is 10.1. The molecule has 0 spiro atoms. The lowest BCUT2D eigenvalue weighted by molar-refractivity contribution is -0.146. The lowest BCUT2D eigenvalue weighted by Crippen LogP contribution is -2.33. The van der Waals surface area contributed by atoms with Gasteiger partial charge in [0.2, 0.25) is 5.88 Å². The SMILES string of the molecule is CC.CCOC(=O)C1=C(N)Oc2ccccc2C1C(C#N)C(=O)OCC. The molecule has 0 radical (unpaired) electrons. The van der Waals surface area contributed by atoms with Crippen molar-refractivity contribution in [2.24, 2.45) is 11.7 Å². The highest BCUT2D eigenvalue weighted by Crippen LogP contribution is 2.43. The normalized spacial score (nSPS) is 16.0. The standard InChI is InChI=1S/C17H18N2O5.C2H6/c1-3-22-16(20)11(9-18)13-10-7-5-6-8-12(10)24-15(19)14(13)17(21)23-4-2;1-2/h5-8,11,13H,3-4,19H2,1-2H3;1-2H3. The number of carbonyl (C=O) groups is 2. The molecule has 0 amide bonds. The van der Waals surface area contributed by atoms with Crippen LogP contribution in [0.4, 0.5) is 0 Å². The number of hydrogen-bond donors (Lipinski definition) is 1. The Kier molecular flexibility index (Phi) is 8.16. The molecule has 0 bridgehead atoms. The summed E-state index contributed by atoms with van der Waals surface area (Å²) in [6.07, 6.45) is 0. The second-order valence-electron chi connectivity index (χ2n) is 4.97. The average molecular weight is 360 g/mol. The highest BCUT2D eigenvalue weighted by molar-refractivity contribution is 5.93. The highest BCUT2D eigenvalue weighted by Gasteiger charge is 2.43. The van der Waals surface area contributed by atoms with Crippen LogP contribution < -0.4 is 10.5 Å². The number of carbonyl (C=O) groups excluding carboxylic acids is 2. The first kappa shape index (κ1) is 21.0. The summed E-state index contributed by atoms with van der Waals surface area (Å²) in [5.74, 6) is -3.40. The van der Waals surface area contributed by atoms with Crippen LogP contribution in [0.1, 0.15) is 39.2 Å². The Morgan fingerprint density at radius 1 is 1.23 bits per heavy atom. The van der Waals surface area contributed by atoms with Crippen molar-refractivity contribution in [3.63, 3.8) is 0 Å². The van der Waals surface area contributed by atoms with Gasteiger partial charge in [-0.25, -0.2) is 4.79 Å². The molecular formula is C19H24N2O5. The van der Waals surface area contributed by atoms with Crippen molar-refractivity contribution in [1.29, 1.82) is 5.26 Å². The summed E-state index contributed by atoms with van der Waals surface area (Å²) in [4.78, 5) is 24.5. The number of para-hydroxylation sites is 1. The van der Waals surface area contributed by atoms with Crippen molar-refractivity contribution >= 4 is 11.9 Å². The van der Waals surface area contributed by atoms with Crippen LogP contribution in [0.15, 0.2) is 35.7 Å². The predicted octanol–water partition coefficient (Wildman–Crippen LogP) is 2.63. The highest BCUT2D eigenvalue weighted by atomic mass is 16.5. The summed E-state index contributed by atoms with van der Waals surface area (Å²) in [5, 5.41) is 9.51. The molecule has 2 rings (SSSR count). The van der Waals surface area contributed by atoms with Gasteiger partial charge in [0.05, 0.1) is 25.2 Å². The first-order chi connectivity index (χ1) is 12.5. The minimum absolute atomic E-state index is 0.0462. The van der Waals surface area contributed by atoms with Gasteiger partial charge in [-0.05, 0) is 19.9 Å². The molecule has 2 atom stereocenters. The molecule has 26 heavy (non-hydrogen) atoms. The number of rotatable bonds is 5. The molecule has 2 unspecified atom stereocenters. The Bertz CT molecular complexity index is 721. The van der Waals surface area contributed by atoms with E-state index in [2.05, 4.69) is 0 Å². The van der Waals surface area contributed by atoms with E-state index in [1.54, 1.807) is 38.1 Å². The van der Waals surface area contributed by atoms with Gasteiger partial charge in [0, 0.05) is 5.56 Å². The van der Waals surface area contributed by atoms with Crippen LogP contribution in [-0.2, 0) is 19.1 Å². The zero-order valence-corrected chi connectivity index (χ0v) is 15.4. The summed E-state index contributed by atoms with van der Waals surface area (Å²) >= 11 is 0. The van der Waals surface area contributed by atoms with Gasteiger partial charge in [-0.1, -0.05) is 32.0 Å². The fourth-order valence-corrected chi connectivity index (χ4v) is 2.59. The summed E-state index contributed by atoms with van der Waals surface area (Å²) in [5.41, 5.74) is 6.34. The summed E-state index contributed by atoms with van der Waals surface area (Å²) < 4.78 is 15.5. The van der Waals surface area contributed by atoms with Crippen LogP contribution in [0.25, 0.3) is 0 Å². The van der Waals surface area contributed by atoms with E-state index < -0.39 is 23.8 Å². The Hall–Kier alpha value is -3.01. The maximum absolute atomic E-state index is 12.3. The topological polar surface area (TPSA) is 112 Å². The summed E-state index contributed by atoms with van der Waals surface area (Å²) in [6.45, 7) is 7.53. The molecule has 0 saturated heterocycles. The van der Waals surface area contributed by atoms with E-state index in [0.29, 0.717) is 11.3 Å². The molecule has 0 aliphatic carbocycles. The Labute approximate surface area is 153 Å². The van der Waals surface area contributed by atoms with E-state index in [1.807, 2.05) is 19.9 Å². The first-order valence-electron chi connectivity index (χ1n) is 8.54. The second-order valence-corrected chi connectivity index (χ2v) is 4.97. The Morgan fingerprint density at radius 2 is 1.85 bits per heavy atom. The fraction of sp³-hybridized carbons (Fsp3) is 0.421. The van der Waals surface area contributed by atoms with Crippen molar-refractivity contribution in [2.75, 3.05) is 13.2 Å². The van der Waals surface area contributed by atoms with E-state index in [4.69, 9.17) is 19.9 Å². The van der Waals surface area contributed by atoms with Crippen molar-refractivity contribution < 1.29 is 23.8 Å². The Balaban J connectivity index is 0.00000163. The van der Waals surface area contributed by atoms with Crippen LogP contribution in [0.5, 0.6) is 5.75 Å². The molecule has 1 aliphatic rings. The molecule has 1 aromatic carbocycles. The fourth-order valence-electron chi connectivity index (χ4n) is 2.59. The van der Waals surface area contributed by atoms with Gasteiger partial charge in [-0.2, -0.15) is 5.26 Å². The van der Waals surface area contributed by atoms with Gasteiger partial charge < -0.3 is 19.9 Å². The van der Waals surface area contributed by atoms with Crippen molar-refractivity contribution in [1.82, 2.24) is 0 Å². The number of esters is 2. The van der Waals surface area contributed by atoms with Crippen LogP contribution in [0.3, 0.4) is 0 Å². The zero-order chi connectivity index (χ0) is 19.7. The molecule has 0 saturated carbocycles. The van der Waals surface area contributed by atoms with Gasteiger partial charge in [-0.3, -0.25) is 4.79 Å². The zero-order valence-electron chi connectivity index (χ0n) is 15.4. The lowest BCUT2D eigenvalue weighted by Gasteiger charge is -2.29. The minimum Gasteiger partial charge on any atom is -0.465 e. The van der Waals surface area contributed by atoms with E-state index in [-0.39, 0.29) is 24.7 Å². The molecule has 0 aromatic heterocycles. The van der Waals surface area contributed by atoms with Crippen molar-refractivity contribution in [2.45, 2.75) is 33.6 Å². The van der Waals surface area contributed by atoms with Gasteiger partial charge in [0.15, 0.2) is 5.92 Å². The van der Waals surface area contributed by atoms with E-state index in [1.165, 1.54) is 0 Å². The third-order valence-electron chi connectivity index (χ3n) is 3.56. The van der Waals surface area contributed by atoms with Crippen molar-refractivity contribution in [3.8, 4) is 11.8 Å². The summed E-state index contributed by atoms with van der Waals surface area (Å²) in [6, 6.07) is 8.69. The maximum atomic E-state index is 12.3. The average Bonchev–Trinajstić information content (AvgIpc) is 2.64. The smallest absolute Gasteiger partial charge is 0.340 e. The maximum Gasteiger partial charge on any atom is 0.340 e. The van der Waals surface area contributed by atoms with E-state index in [9.17, 15) is 14.9 Å². The molecule has 1 heterocycles. The summed E-state index contributed by atoms with van der Waals surface area (Å²) in [7, 11) is 0. The number of nitrogens with two attached hydrogens (primary N) is 1. The number of nitrogens with zero attached hydrogens (tertiary/aromatic N) is 1. The number of ether oxygens (including phenoxy) is 3. The van der Waals surface area contributed by atoms with Gasteiger partial charge in [0.25, 0.3) is 0 Å². The van der Waals surface area contributed by atoms with Crippen LogP contribution in [0, 0.1) is 17.2 Å². The third kappa shape index (κ3) is 4.33. The molecule has 2 N–H and O–H groups in total. The quantitative estimate of drug-likeness (QED) is 0.803. The van der Waals surface area contributed by atoms with Gasteiger partial charge >= 0.3 is 11.9 Å². The molecule has 140 valence electrons. The number of hydrogen-bond acceptors (Lipinski definition) is 7. The third-order valence-corrected chi connectivity index (χ3v) is 3.56. The molecule has 7 heteroatoms. The number of fused-ring (bicyclic) bond motifs is 1. The minimum atomic E-state index is -1.24. The largest absolute Gasteiger partial charge is 0.465 e. The monoisotopic (exact) mass is 360 g/mol. The molecule has 0 fully saturated rings. The first-order valence-corrected chi connectivity index (χ1v) is 8.54. The van der Waals surface area contributed by atoms with E-state index in [0.717, 1.165) is 0 Å². The van der Waals surface area contributed by atoms with Gasteiger partial charge in [-0.15, -0.1) is 0 Å². The molecule has 1 aliphatic heterocycles. The lowest BCUT2D eigenvalue weighted by atomic mass is 9.79. The van der Waals surface area contributed by atoms with Crippen molar-refractivity contribution in [3.05, 3.63) is 41.3 Å². The van der Waals surface area contributed by atoms with Crippen LogP contribution >= 0.6 is 0 Å². The Morgan fingerprint density at radius 3 is 2.42 bits per heavy atom. The van der Waals surface area contributed by atoms with Crippen LogP contribution in [0.2, 0.25) is 0 Å². The van der Waals surface area contributed by atoms with Crippen LogP contribution in [-0.4, -0.2) is 25.2 Å². The number of benzene rings is 1. The molecule has 1 aromatic rings.